The zero-order valence-electron chi connectivity index (χ0n) is 16.3. The summed E-state index contributed by atoms with van der Waals surface area (Å²) in [5.74, 6) is 2.21. The Morgan fingerprint density at radius 1 is 1.14 bits per heavy atom. The topological polar surface area (TPSA) is 55.6 Å². The van der Waals surface area contributed by atoms with Gasteiger partial charge in [-0.15, -0.1) is 11.8 Å². The fourth-order valence-corrected chi connectivity index (χ4v) is 3.56. The van der Waals surface area contributed by atoms with E-state index in [4.69, 9.17) is 9.26 Å². The minimum Gasteiger partial charge on any atom is -0.492 e. The molecule has 0 bridgehead atoms. The highest BCUT2D eigenvalue weighted by molar-refractivity contribution is 7.98. The molecular formula is C22H24N2O3S. The maximum absolute atomic E-state index is 12.9. The van der Waals surface area contributed by atoms with E-state index in [2.05, 4.69) is 5.16 Å². The Balaban J connectivity index is 1.57. The lowest BCUT2D eigenvalue weighted by Gasteiger charge is -2.19. The van der Waals surface area contributed by atoms with E-state index in [0.29, 0.717) is 24.5 Å². The standard InChI is InChI=1S/C22H24N2O3S/c1-16-8-10-18(11-9-16)26-13-12-24(3)22(25)20-6-4-5-7-21(20)28-15-19-14-17(2)23-27-19/h4-11,14H,12-13,15H2,1-3H3. The van der Waals surface area contributed by atoms with Gasteiger partial charge in [0.05, 0.1) is 23.6 Å². The van der Waals surface area contributed by atoms with Crippen molar-refractivity contribution in [2.24, 2.45) is 0 Å². The average molecular weight is 397 g/mol. The van der Waals surface area contributed by atoms with Gasteiger partial charge in [-0.2, -0.15) is 0 Å². The Morgan fingerprint density at radius 2 is 1.89 bits per heavy atom. The van der Waals surface area contributed by atoms with Crippen LogP contribution in [0.3, 0.4) is 0 Å². The summed E-state index contributed by atoms with van der Waals surface area (Å²) in [7, 11) is 1.79. The lowest BCUT2D eigenvalue weighted by Crippen LogP contribution is -2.31. The number of aromatic nitrogens is 1. The van der Waals surface area contributed by atoms with Crippen LogP contribution in [0, 0.1) is 13.8 Å². The van der Waals surface area contributed by atoms with Crippen LogP contribution in [0.5, 0.6) is 5.75 Å². The third-order valence-electron chi connectivity index (χ3n) is 4.23. The first-order chi connectivity index (χ1) is 13.5. The molecule has 2 aromatic carbocycles. The molecule has 0 aliphatic carbocycles. The smallest absolute Gasteiger partial charge is 0.254 e. The Labute approximate surface area is 169 Å². The van der Waals surface area contributed by atoms with Gasteiger partial charge in [0.1, 0.15) is 18.1 Å². The summed E-state index contributed by atoms with van der Waals surface area (Å²) in [6.45, 7) is 4.88. The van der Waals surface area contributed by atoms with Crippen LogP contribution in [0.15, 0.2) is 64.0 Å². The van der Waals surface area contributed by atoms with E-state index in [-0.39, 0.29) is 5.91 Å². The second kappa shape index (κ2) is 9.46. The quantitative estimate of drug-likeness (QED) is 0.515. The first-order valence-electron chi connectivity index (χ1n) is 9.12. The van der Waals surface area contributed by atoms with E-state index in [0.717, 1.165) is 22.1 Å². The summed E-state index contributed by atoms with van der Waals surface area (Å²) in [6, 6.07) is 17.4. The third-order valence-corrected chi connectivity index (χ3v) is 5.32. The van der Waals surface area contributed by atoms with Gasteiger partial charge in [0, 0.05) is 18.0 Å². The molecule has 0 radical (unpaired) electrons. The monoisotopic (exact) mass is 396 g/mol. The second-order valence-electron chi connectivity index (χ2n) is 6.61. The number of likely N-dealkylation sites (N-methyl/N-ethyl adjacent to an activating group) is 1. The normalized spacial score (nSPS) is 10.7. The number of nitrogens with zero attached hydrogens (tertiary/aromatic N) is 2. The van der Waals surface area contributed by atoms with Crippen molar-refractivity contribution in [1.82, 2.24) is 10.1 Å². The van der Waals surface area contributed by atoms with Crippen molar-refractivity contribution < 1.29 is 14.1 Å². The van der Waals surface area contributed by atoms with Gasteiger partial charge in [-0.25, -0.2) is 0 Å². The largest absolute Gasteiger partial charge is 0.492 e. The highest BCUT2D eigenvalue weighted by atomic mass is 32.2. The van der Waals surface area contributed by atoms with Crippen LogP contribution in [0.4, 0.5) is 0 Å². The van der Waals surface area contributed by atoms with Gasteiger partial charge < -0.3 is 14.2 Å². The van der Waals surface area contributed by atoms with E-state index in [1.807, 2.05) is 68.4 Å². The van der Waals surface area contributed by atoms with Gasteiger partial charge in [-0.3, -0.25) is 4.79 Å². The number of hydrogen-bond acceptors (Lipinski definition) is 5. The molecule has 0 fully saturated rings. The van der Waals surface area contributed by atoms with Crippen LogP contribution in [-0.4, -0.2) is 36.2 Å². The molecule has 146 valence electrons. The maximum atomic E-state index is 12.9. The summed E-state index contributed by atoms with van der Waals surface area (Å²) in [6.07, 6.45) is 0. The molecule has 28 heavy (non-hydrogen) atoms. The Kier molecular flexibility index (Phi) is 6.76. The Morgan fingerprint density at radius 3 is 2.61 bits per heavy atom. The molecule has 1 heterocycles. The number of rotatable bonds is 8. The van der Waals surface area contributed by atoms with Gasteiger partial charge in [0.25, 0.3) is 5.91 Å². The van der Waals surface area contributed by atoms with E-state index < -0.39 is 0 Å². The molecular weight excluding hydrogens is 372 g/mol. The van der Waals surface area contributed by atoms with E-state index in [1.54, 1.807) is 23.7 Å². The van der Waals surface area contributed by atoms with Crippen molar-refractivity contribution in [1.29, 1.82) is 0 Å². The molecule has 0 saturated carbocycles. The third kappa shape index (κ3) is 5.39. The molecule has 0 spiro atoms. The van der Waals surface area contributed by atoms with Crippen LogP contribution >= 0.6 is 11.8 Å². The van der Waals surface area contributed by atoms with Crippen LogP contribution in [0.2, 0.25) is 0 Å². The number of carbonyl (C=O) groups is 1. The van der Waals surface area contributed by atoms with Crippen molar-refractivity contribution in [3.8, 4) is 5.75 Å². The second-order valence-corrected chi connectivity index (χ2v) is 7.62. The number of aryl methyl sites for hydroxylation is 2. The van der Waals surface area contributed by atoms with Gasteiger partial charge >= 0.3 is 0 Å². The molecule has 6 heteroatoms. The molecule has 0 unspecified atom stereocenters. The number of hydrogen-bond donors (Lipinski definition) is 0. The molecule has 0 N–H and O–H groups in total. The molecule has 3 aromatic rings. The molecule has 1 amide bonds. The minimum absolute atomic E-state index is 0.0237. The number of amides is 1. The lowest BCUT2D eigenvalue weighted by molar-refractivity contribution is 0.0770. The Bertz CT molecular complexity index is 922. The van der Waals surface area contributed by atoms with E-state index in [9.17, 15) is 4.79 Å². The summed E-state index contributed by atoms with van der Waals surface area (Å²) in [4.78, 5) is 15.5. The van der Waals surface area contributed by atoms with Crippen molar-refractivity contribution >= 4 is 17.7 Å². The number of thioether (sulfide) groups is 1. The van der Waals surface area contributed by atoms with E-state index in [1.165, 1.54) is 5.56 Å². The zero-order valence-corrected chi connectivity index (χ0v) is 17.2. The number of benzene rings is 2. The van der Waals surface area contributed by atoms with Crippen LogP contribution in [-0.2, 0) is 5.75 Å². The summed E-state index contributed by atoms with van der Waals surface area (Å²) >= 11 is 1.57. The molecule has 0 aliphatic rings. The SMILES string of the molecule is Cc1ccc(OCCN(C)C(=O)c2ccccc2SCc2cc(C)no2)cc1. The molecule has 0 aliphatic heterocycles. The number of carbonyl (C=O) groups excluding carboxylic acids is 1. The van der Waals surface area contributed by atoms with Gasteiger partial charge in [-0.1, -0.05) is 35.0 Å². The highest BCUT2D eigenvalue weighted by Crippen LogP contribution is 2.27. The van der Waals surface area contributed by atoms with Crippen LogP contribution < -0.4 is 4.74 Å². The summed E-state index contributed by atoms with van der Waals surface area (Å²) < 4.78 is 11.0. The maximum Gasteiger partial charge on any atom is 0.254 e. The molecule has 3 rings (SSSR count). The molecule has 0 atom stereocenters. The van der Waals surface area contributed by atoms with Crippen molar-refractivity contribution in [2.75, 3.05) is 20.2 Å². The molecule has 5 nitrogen and oxygen atoms in total. The van der Waals surface area contributed by atoms with Crippen molar-refractivity contribution in [2.45, 2.75) is 24.5 Å². The molecule has 1 aromatic heterocycles. The first kappa shape index (κ1) is 20.0. The van der Waals surface area contributed by atoms with Crippen LogP contribution in [0.1, 0.15) is 27.4 Å². The van der Waals surface area contributed by atoms with Crippen molar-refractivity contribution in [3.63, 3.8) is 0 Å². The average Bonchev–Trinajstić information content (AvgIpc) is 3.12. The highest BCUT2D eigenvalue weighted by Gasteiger charge is 2.16. The zero-order chi connectivity index (χ0) is 19.9. The lowest BCUT2D eigenvalue weighted by atomic mass is 10.2. The van der Waals surface area contributed by atoms with Gasteiger partial charge in [-0.05, 0) is 38.1 Å². The predicted molar refractivity (Wildman–Crippen MR) is 111 cm³/mol. The minimum atomic E-state index is -0.0237. The van der Waals surface area contributed by atoms with Crippen LogP contribution in [0.25, 0.3) is 0 Å². The molecule has 0 saturated heterocycles. The van der Waals surface area contributed by atoms with E-state index >= 15 is 0 Å². The van der Waals surface area contributed by atoms with Gasteiger partial charge in [0.15, 0.2) is 0 Å². The predicted octanol–water partition coefficient (Wildman–Crippen LogP) is 4.73. The fourth-order valence-electron chi connectivity index (χ4n) is 2.64. The Hall–Kier alpha value is -2.73. The fraction of sp³-hybridized carbons (Fsp3) is 0.273. The number of ether oxygens (including phenoxy) is 1. The van der Waals surface area contributed by atoms with Gasteiger partial charge in [0.2, 0.25) is 0 Å². The van der Waals surface area contributed by atoms with Crippen molar-refractivity contribution in [3.05, 3.63) is 77.2 Å². The summed E-state index contributed by atoms with van der Waals surface area (Å²) in [5, 5.41) is 3.90. The summed E-state index contributed by atoms with van der Waals surface area (Å²) in [5.41, 5.74) is 2.73. The first-order valence-corrected chi connectivity index (χ1v) is 10.1.